The third-order valence-corrected chi connectivity index (χ3v) is 8.74. The summed E-state index contributed by atoms with van der Waals surface area (Å²) in [5.41, 5.74) is 8.88. The van der Waals surface area contributed by atoms with E-state index >= 15 is 0 Å². The molecule has 4 rings (SSSR count). The molecule has 0 unspecified atom stereocenters. The summed E-state index contributed by atoms with van der Waals surface area (Å²) in [4.78, 5) is 30.5. The Kier molecular flexibility index (Phi) is 7.24. The maximum Gasteiger partial charge on any atom is 0.409 e. The first-order valence-electron chi connectivity index (χ1n) is 11.2. The zero-order valence-electron chi connectivity index (χ0n) is 19.7. The Morgan fingerprint density at radius 3 is 2.40 bits per heavy atom. The van der Waals surface area contributed by atoms with E-state index in [4.69, 9.17) is 4.74 Å². The molecule has 1 fully saturated rings. The summed E-state index contributed by atoms with van der Waals surface area (Å²) in [6.45, 7) is 6.90. The van der Waals surface area contributed by atoms with Crippen molar-refractivity contribution in [2.24, 2.45) is 0 Å². The van der Waals surface area contributed by atoms with Crippen LogP contribution < -0.4 is 10.9 Å². The van der Waals surface area contributed by atoms with Gasteiger partial charge in [-0.15, -0.1) is 0 Å². The number of aryl methyl sites for hydroxylation is 2. The molecule has 10 nitrogen and oxygen atoms in total. The van der Waals surface area contributed by atoms with Gasteiger partial charge in [0.1, 0.15) is 0 Å². The highest BCUT2D eigenvalue weighted by Gasteiger charge is 2.30. The second kappa shape index (κ2) is 10.2. The summed E-state index contributed by atoms with van der Waals surface area (Å²) in [7, 11) is -3.74. The second-order valence-electron chi connectivity index (χ2n) is 8.07. The fourth-order valence-corrected chi connectivity index (χ4v) is 6.02. The number of benzene rings is 2. The Bertz CT molecular complexity index is 1350. The zero-order valence-corrected chi connectivity index (χ0v) is 21.3. The quantitative estimate of drug-likeness (QED) is 0.482. The predicted molar refractivity (Wildman–Crippen MR) is 134 cm³/mol. The molecule has 1 saturated heterocycles. The molecule has 2 heterocycles. The first kappa shape index (κ1) is 24.9. The molecule has 3 aromatic rings. The molecule has 186 valence electrons. The molecule has 0 bridgehead atoms. The first-order chi connectivity index (χ1) is 16.7. The van der Waals surface area contributed by atoms with Crippen LogP contribution in [-0.4, -0.2) is 67.4 Å². The molecule has 0 atom stereocenters. The minimum atomic E-state index is -3.74. The van der Waals surface area contributed by atoms with Crippen LogP contribution in [0.15, 0.2) is 41.3 Å². The number of thiazole rings is 1. The van der Waals surface area contributed by atoms with Gasteiger partial charge in [-0.05, 0) is 62.2 Å². The lowest BCUT2D eigenvalue weighted by Crippen LogP contribution is -2.50. The van der Waals surface area contributed by atoms with E-state index in [9.17, 15) is 18.0 Å². The molecule has 1 aromatic heterocycles. The number of ether oxygens (including phenoxy) is 1. The maximum atomic E-state index is 13.0. The number of amides is 2. The normalized spacial score (nSPS) is 14.7. The van der Waals surface area contributed by atoms with Crippen molar-refractivity contribution in [1.29, 1.82) is 0 Å². The fraction of sp³-hybridized carbons (Fsp3) is 0.348. The van der Waals surface area contributed by atoms with Gasteiger partial charge >= 0.3 is 6.09 Å². The van der Waals surface area contributed by atoms with E-state index in [2.05, 4.69) is 15.8 Å². The van der Waals surface area contributed by atoms with Gasteiger partial charge in [0, 0.05) is 31.7 Å². The lowest BCUT2D eigenvalue weighted by molar-refractivity contribution is 0.0933. The van der Waals surface area contributed by atoms with Gasteiger partial charge in [0.25, 0.3) is 5.91 Å². The molecule has 12 heteroatoms. The number of rotatable bonds is 6. The van der Waals surface area contributed by atoms with Gasteiger partial charge in [-0.1, -0.05) is 17.4 Å². The highest BCUT2D eigenvalue weighted by Crippen LogP contribution is 2.29. The average molecular weight is 518 g/mol. The number of piperazine rings is 1. The smallest absolute Gasteiger partial charge is 0.409 e. The van der Waals surface area contributed by atoms with Crippen LogP contribution in [0.1, 0.15) is 28.4 Å². The number of hydrazine groups is 1. The Morgan fingerprint density at radius 1 is 1.06 bits per heavy atom. The molecule has 2 N–H and O–H groups in total. The number of carbonyl (C=O) groups is 2. The number of hydrogen-bond donors (Lipinski definition) is 2. The topological polar surface area (TPSA) is 121 Å². The average Bonchev–Trinajstić information content (AvgIpc) is 3.29. The van der Waals surface area contributed by atoms with Gasteiger partial charge < -0.3 is 9.64 Å². The van der Waals surface area contributed by atoms with E-state index in [0.29, 0.717) is 10.7 Å². The van der Waals surface area contributed by atoms with Crippen LogP contribution in [0.5, 0.6) is 0 Å². The van der Waals surface area contributed by atoms with Gasteiger partial charge in [-0.3, -0.25) is 15.6 Å². The van der Waals surface area contributed by atoms with Crippen molar-refractivity contribution < 1.29 is 22.7 Å². The Hall–Kier alpha value is -3.22. The number of sulfonamides is 1. The summed E-state index contributed by atoms with van der Waals surface area (Å²) in [5.74, 6) is -0.413. The molecule has 2 amide bonds. The van der Waals surface area contributed by atoms with Crippen molar-refractivity contribution in [3.05, 3.63) is 53.1 Å². The van der Waals surface area contributed by atoms with Crippen molar-refractivity contribution in [1.82, 2.24) is 19.6 Å². The lowest BCUT2D eigenvalue weighted by Gasteiger charge is -2.33. The summed E-state index contributed by atoms with van der Waals surface area (Å²) >= 11 is 1.43. The van der Waals surface area contributed by atoms with Gasteiger partial charge in [0.2, 0.25) is 15.2 Å². The van der Waals surface area contributed by atoms with Crippen molar-refractivity contribution in [3.8, 4) is 0 Å². The summed E-state index contributed by atoms with van der Waals surface area (Å²) in [6, 6.07) is 9.78. The van der Waals surface area contributed by atoms with Crippen molar-refractivity contribution in [2.75, 3.05) is 38.2 Å². The molecular formula is C23H27N5O5S2. The molecule has 0 aliphatic carbocycles. The monoisotopic (exact) mass is 517 g/mol. The number of fused-ring (bicyclic) bond motifs is 1. The minimum Gasteiger partial charge on any atom is -0.450 e. The molecule has 35 heavy (non-hydrogen) atoms. The SMILES string of the molecule is CCOC(=O)N1CCN(S(=O)(=O)c2ccc(C(=O)NNc3nc4c(C)c(C)ccc4s3)cc2)CC1. The predicted octanol–water partition coefficient (Wildman–Crippen LogP) is 3.13. The second-order valence-corrected chi connectivity index (χ2v) is 11.0. The van der Waals surface area contributed by atoms with Crippen molar-refractivity contribution in [2.45, 2.75) is 25.7 Å². The van der Waals surface area contributed by atoms with Gasteiger partial charge in [-0.2, -0.15) is 4.31 Å². The summed E-state index contributed by atoms with van der Waals surface area (Å²) in [6.07, 6.45) is -0.440. The molecule has 0 spiro atoms. The molecule has 0 saturated carbocycles. The van der Waals surface area contributed by atoms with Crippen LogP contribution in [-0.2, 0) is 14.8 Å². The van der Waals surface area contributed by atoms with Gasteiger partial charge in [0.05, 0.1) is 21.7 Å². The number of nitrogens with zero attached hydrogens (tertiary/aromatic N) is 3. The third kappa shape index (κ3) is 5.24. The van der Waals surface area contributed by atoms with Crippen LogP contribution in [0.25, 0.3) is 10.2 Å². The third-order valence-electron chi connectivity index (χ3n) is 5.89. The number of hydrogen-bond acceptors (Lipinski definition) is 8. The first-order valence-corrected chi connectivity index (χ1v) is 13.4. The van der Waals surface area contributed by atoms with Crippen molar-refractivity contribution in [3.63, 3.8) is 0 Å². The standard InChI is InChI=1S/C23H27N5O5S2/c1-4-33-23(30)27-11-13-28(14-12-27)35(31,32)18-8-6-17(7-9-18)21(29)25-26-22-24-20-16(3)15(2)5-10-19(20)34-22/h5-10H,4,11-14H2,1-3H3,(H,24,26)(H,25,29). The summed E-state index contributed by atoms with van der Waals surface area (Å²) < 4.78 is 33.3. The molecule has 1 aliphatic heterocycles. The fourth-order valence-electron chi connectivity index (χ4n) is 3.72. The molecule has 2 aromatic carbocycles. The van der Waals surface area contributed by atoms with Crippen LogP contribution in [0, 0.1) is 13.8 Å². The Labute approximate surface area is 207 Å². The van der Waals surface area contributed by atoms with E-state index in [0.717, 1.165) is 21.3 Å². The minimum absolute atomic E-state index is 0.0867. The Balaban J connectivity index is 1.37. The number of nitrogens with one attached hydrogen (secondary N) is 2. The largest absolute Gasteiger partial charge is 0.450 e. The number of carbonyl (C=O) groups excluding carboxylic acids is 2. The summed E-state index contributed by atoms with van der Waals surface area (Å²) in [5, 5.41) is 0.559. The number of aromatic nitrogens is 1. The Morgan fingerprint density at radius 2 is 1.74 bits per heavy atom. The van der Waals surface area contributed by atoms with E-state index in [1.165, 1.54) is 44.8 Å². The van der Waals surface area contributed by atoms with Crippen LogP contribution in [0.2, 0.25) is 0 Å². The molecular weight excluding hydrogens is 490 g/mol. The van der Waals surface area contributed by atoms with Crippen molar-refractivity contribution >= 4 is 48.7 Å². The van der Waals surface area contributed by atoms with Crippen LogP contribution in [0.4, 0.5) is 9.93 Å². The lowest BCUT2D eigenvalue weighted by atomic mass is 10.1. The van der Waals surface area contributed by atoms with Crippen LogP contribution >= 0.6 is 11.3 Å². The van der Waals surface area contributed by atoms with E-state index in [1.54, 1.807) is 6.92 Å². The molecule has 1 aliphatic rings. The van der Waals surface area contributed by atoms with Gasteiger partial charge in [-0.25, -0.2) is 18.2 Å². The van der Waals surface area contributed by atoms with E-state index in [-0.39, 0.29) is 37.7 Å². The highest BCUT2D eigenvalue weighted by atomic mass is 32.2. The van der Waals surface area contributed by atoms with E-state index < -0.39 is 22.0 Å². The number of anilines is 1. The molecule has 0 radical (unpaired) electrons. The van der Waals surface area contributed by atoms with Gasteiger partial charge in [0.15, 0.2) is 0 Å². The maximum absolute atomic E-state index is 13.0. The zero-order chi connectivity index (χ0) is 25.2. The van der Waals surface area contributed by atoms with Crippen LogP contribution in [0.3, 0.4) is 0 Å². The highest BCUT2D eigenvalue weighted by molar-refractivity contribution is 7.89. The van der Waals surface area contributed by atoms with E-state index in [1.807, 2.05) is 26.0 Å².